The largest absolute Gasteiger partial charge is 0.447 e. The lowest BCUT2D eigenvalue weighted by Crippen LogP contribution is -2.23. The summed E-state index contributed by atoms with van der Waals surface area (Å²) in [6.45, 7) is 0.478. The SMILES string of the molecule is O=C1OCCN1c1ccc(OS(=O)(=O)c2c(F)c(F)cc(F)c2F)cc1. The number of amides is 1. The van der Waals surface area contributed by atoms with Gasteiger partial charge in [-0.2, -0.15) is 8.42 Å². The molecule has 0 atom stereocenters. The van der Waals surface area contributed by atoms with Gasteiger partial charge in [0, 0.05) is 11.8 Å². The lowest BCUT2D eigenvalue weighted by atomic mass is 10.3. The molecule has 26 heavy (non-hydrogen) atoms. The second-order valence-corrected chi connectivity index (χ2v) is 6.58. The van der Waals surface area contributed by atoms with Crippen molar-refractivity contribution in [1.82, 2.24) is 0 Å². The second-order valence-electron chi connectivity index (χ2n) is 5.09. The lowest BCUT2D eigenvalue weighted by Gasteiger charge is -2.13. The molecule has 2 aromatic carbocycles. The maximum Gasteiger partial charge on any atom is 0.414 e. The Morgan fingerprint density at radius 1 is 1.00 bits per heavy atom. The van der Waals surface area contributed by atoms with Crippen LogP contribution in [0.2, 0.25) is 0 Å². The molecule has 1 heterocycles. The zero-order chi connectivity index (χ0) is 19.1. The smallest absolute Gasteiger partial charge is 0.414 e. The fraction of sp³-hybridized carbons (Fsp3) is 0.133. The maximum atomic E-state index is 13.7. The van der Waals surface area contributed by atoms with Gasteiger partial charge in [-0.05, 0) is 24.3 Å². The number of cyclic esters (lactones) is 1. The number of halogens is 4. The highest BCUT2D eigenvalue weighted by Gasteiger charge is 2.32. The molecule has 1 fully saturated rings. The van der Waals surface area contributed by atoms with Crippen LogP contribution in [0.3, 0.4) is 0 Å². The Kier molecular flexibility index (Phi) is 4.48. The van der Waals surface area contributed by atoms with Crippen LogP contribution in [-0.2, 0) is 14.9 Å². The van der Waals surface area contributed by atoms with Crippen molar-refractivity contribution in [2.24, 2.45) is 0 Å². The van der Waals surface area contributed by atoms with Crippen molar-refractivity contribution in [3.8, 4) is 5.75 Å². The number of carbonyl (C=O) groups excluding carboxylic acids is 1. The normalized spacial score (nSPS) is 14.5. The number of hydrogen-bond donors (Lipinski definition) is 0. The summed E-state index contributed by atoms with van der Waals surface area (Å²) in [6.07, 6.45) is -0.592. The molecule has 0 aliphatic carbocycles. The summed E-state index contributed by atoms with van der Waals surface area (Å²) in [5, 5.41) is 0. The average molecular weight is 391 g/mol. The van der Waals surface area contributed by atoms with E-state index < -0.39 is 44.4 Å². The summed E-state index contributed by atoms with van der Waals surface area (Å²) < 4.78 is 87.0. The monoisotopic (exact) mass is 391 g/mol. The third kappa shape index (κ3) is 3.17. The predicted molar refractivity (Wildman–Crippen MR) is 79.2 cm³/mol. The average Bonchev–Trinajstić information content (AvgIpc) is 2.99. The molecule has 0 N–H and O–H groups in total. The number of benzene rings is 2. The Balaban J connectivity index is 1.90. The third-order valence-electron chi connectivity index (χ3n) is 3.44. The van der Waals surface area contributed by atoms with Crippen molar-refractivity contribution in [2.45, 2.75) is 4.90 Å². The zero-order valence-electron chi connectivity index (χ0n) is 12.7. The van der Waals surface area contributed by atoms with Crippen molar-refractivity contribution in [3.63, 3.8) is 0 Å². The van der Waals surface area contributed by atoms with Gasteiger partial charge in [-0.1, -0.05) is 0 Å². The Hall–Kier alpha value is -2.82. The van der Waals surface area contributed by atoms with E-state index in [1.807, 2.05) is 0 Å². The molecule has 6 nitrogen and oxygen atoms in total. The highest BCUT2D eigenvalue weighted by Crippen LogP contribution is 2.28. The van der Waals surface area contributed by atoms with E-state index in [2.05, 4.69) is 4.18 Å². The van der Waals surface area contributed by atoms with E-state index in [4.69, 9.17) is 4.74 Å². The molecular formula is C15H9F4NO5S. The molecule has 0 saturated carbocycles. The molecule has 3 rings (SSSR count). The van der Waals surface area contributed by atoms with Gasteiger partial charge < -0.3 is 8.92 Å². The first-order chi connectivity index (χ1) is 12.2. The predicted octanol–water partition coefficient (Wildman–Crippen LogP) is 2.97. The first kappa shape index (κ1) is 18.0. The van der Waals surface area contributed by atoms with Crippen molar-refractivity contribution >= 4 is 21.9 Å². The number of ether oxygens (including phenoxy) is 1. The van der Waals surface area contributed by atoms with Crippen molar-refractivity contribution in [1.29, 1.82) is 0 Å². The number of anilines is 1. The molecule has 11 heteroatoms. The van der Waals surface area contributed by atoms with Crippen LogP contribution in [0.25, 0.3) is 0 Å². The fourth-order valence-corrected chi connectivity index (χ4v) is 3.33. The van der Waals surface area contributed by atoms with Gasteiger partial charge in [0.05, 0.1) is 6.54 Å². The number of carbonyl (C=O) groups is 1. The number of hydrogen-bond acceptors (Lipinski definition) is 5. The minimum Gasteiger partial charge on any atom is -0.447 e. The van der Waals surface area contributed by atoms with Gasteiger partial charge in [0.25, 0.3) is 0 Å². The van der Waals surface area contributed by atoms with E-state index in [-0.39, 0.29) is 25.0 Å². The van der Waals surface area contributed by atoms with Crippen LogP contribution in [0.1, 0.15) is 0 Å². The van der Waals surface area contributed by atoms with E-state index in [0.29, 0.717) is 5.69 Å². The number of nitrogens with zero attached hydrogens (tertiary/aromatic N) is 1. The molecular weight excluding hydrogens is 382 g/mol. The summed E-state index contributed by atoms with van der Waals surface area (Å²) >= 11 is 0. The summed E-state index contributed by atoms with van der Waals surface area (Å²) in [4.78, 5) is 10.8. The maximum absolute atomic E-state index is 13.7. The van der Waals surface area contributed by atoms with Crippen LogP contribution in [-0.4, -0.2) is 27.7 Å². The summed E-state index contributed by atoms with van der Waals surface area (Å²) in [6, 6.07) is 4.69. The minimum atomic E-state index is -5.20. The summed E-state index contributed by atoms with van der Waals surface area (Å²) in [7, 11) is -5.20. The molecule has 1 amide bonds. The quantitative estimate of drug-likeness (QED) is 0.455. The lowest BCUT2D eigenvalue weighted by molar-refractivity contribution is 0.181. The van der Waals surface area contributed by atoms with E-state index in [9.17, 15) is 30.8 Å². The third-order valence-corrected chi connectivity index (χ3v) is 4.71. The van der Waals surface area contributed by atoms with Gasteiger partial charge >= 0.3 is 16.2 Å². The first-order valence-corrected chi connectivity index (χ1v) is 8.43. The Bertz CT molecular complexity index is 952. The van der Waals surface area contributed by atoms with Gasteiger partial charge in [-0.25, -0.2) is 22.4 Å². The van der Waals surface area contributed by atoms with E-state index in [1.165, 1.54) is 17.0 Å². The molecule has 1 aliphatic heterocycles. The zero-order valence-corrected chi connectivity index (χ0v) is 13.5. The second kappa shape index (κ2) is 6.48. The molecule has 0 spiro atoms. The first-order valence-electron chi connectivity index (χ1n) is 7.02. The number of rotatable bonds is 4. The van der Waals surface area contributed by atoms with E-state index in [1.54, 1.807) is 0 Å². The van der Waals surface area contributed by atoms with Gasteiger partial charge in [0.1, 0.15) is 12.4 Å². The highest BCUT2D eigenvalue weighted by atomic mass is 32.2. The Morgan fingerprint density at radius 2 is 1.58 bits per heavy atom. The van der Waals surface area contributed by atoms with Crippen molar-refractivity contribution in [2.75, 3.05) is 18.1 Å². The van der Waals surface area contributed by atoms with Crippen molar-refractivity contribution < 1.29 is 39.7 Å². The summed E-state index contributed by atoms with van der Waals surface area (Å²) in [5.41, 5.74) is 0.367. The van der Waals surface area contributed by atoms with Crippen LogP contribution < -0.4 is 9.08 Å². The van der Waals surface area contributed by atoms with Crippen LogP contribution in [0.4, 0.5) is 28.0 Å². The Morgan fingerprint density at radius 3 is 2.08 bits per heavy atom. The standard InChI is InChI=1S/C15H9F4NO5S/c16-10-7-11(17)13(19)14(12(10)18)26(22,23)25-9-3-1-8(2-4-9)20-5-6-24-15(20)21/h1-4,7H,5-6H2. The van der Waals surface area contributed by atoms with Crippen molar-refractivity contribution in [3.05, 3.63) is 53.6 Å². The van der Waals surface area contributed by atoms with Crippen LogP contribution in [0.5, 0.6) is 5.75 Å². The molecule has 0 aromatic heterocycles. The summed E-state index contributed by atoms with van der Waals surface area (Å²) in [5.74, 6) is -8.34. The highest BCUT2D eigenvalue weighted by molar-refractivity contribution is 7.87. The molecule has 1 aliphatic rings. The van der Waals surface area contributed by atoms with E-state index in [0.717, 1.165) is 12.1 Å². The molecule has 0 bridgehead atoms. The van der Waals surface area contributed by atoms with Gasteiger partial charge in [-0.15, -0.1) is 0 Å². The van der Waals surface area contributed by atoms with Gasteiger partial charge in [0.2, 0.25) is 0 Å². The minimum absolute atomic E-state index is 0.117. The molecule has 0 radical (unpaired) electrons. The molecule has 138 valence electrons. The van der Waals surface area contributed by atoms with Gasteiger partial charge in [0.15, 0.2) is 28.2 Å². The topological polar surface area (TPSA) is 72.9 Å². The van der Waals surface area contributed by atoms with Crippen LogP contribution in [0.15, 0.2) is 35.2 Å². The molecule has 0 unspecified atom stereocenters. The van der Waals surface area contributed by atoms with E-state index >= 15 is 0 Å². The van der Waals surface area contributed by atoms with Gasteiger partial charge in [-0.3, -0.25) is 4.90 Å². The fourth-order valence-electron chi connectivity index (χ4n) is 2.25. The molecule has 2 aromatic rings. The Labute approximate surface area is 144 Å². The van der Waals surface area contributed by atoms with Crippen LogP contribution >= 0.6 is 0 Å². The molecule has 1 saturated heterocycles. The van der Waals surface area contributed by atoms with Crippen LogP contribution in [0, 0.1) is 23.3 Å².